The molecule has 0 radical (unpaired) electrons. The van der Waals surface area contributed by atoms with Crippen LogP contribution < -0.4 is 4.74 Å². The first-order chi connectivity index (χ1) is 14.9. The van der Waals surface area contributed by atoms with Crippen LogP contribution in [-0.4, -0.2) is 51.1 Å². The fraction of sp³-hybridized carbons (Fsp3) is 0.625. The SMILES string of the molecule is COc1ccc(C[S@](=O)[C@@H]2CC(=O)O[C@@H](C)CCC/C=C/[C@@H]3C[C@H](O)C[C@H]3[C@@H]2O)cc1. The zero-order valence-electron chi connectivity index (χ0n) is 18.3. The molecule has 1 aromatic carbocycles. The number of hydrogen-bond acceptors (Lipinski definition) is 6. The number of ether oxygens (including phenoxy) is 2. The van der Waals surface area contributed by atoms with E-state index in [-0.39, 0.29) is 30.1 Å². The lowest BCUT2D eigenvalue weighted by molar-refractivity contribution is -0.149. The first-order valence-corrected chi connectivity index (χ1v) is 12.5. The maximum Gasteiger partial charge on any atom is 0.307 e. The Morgan fingerprint density at radius 1 is 1.19 bits per heavy atom. The minimum absolute atomic E-state index is 0.0136. The van der Waals surface area contributed by atoms with Gasteiger partial charge < -0.3 is 19.7 Å². The number of fused-ring (bicyclic) bond motifs is 1. The fourth-order valence-corrected chi connectivity index (χ4v) is 6.19. The van der Waals surface area contributed by atoms with Gasteiger partial charge in [0.2, 0.25) is 0 Å². The fourth-order valence-electron chi connectivity index (χ4n) is 4.62. The molecule has 0 aromatic heterocycles. The molecule has 7 heteroatoms. The van der Waals surface area contributed by atoms with Gasteiger partial charge in [-0.05, 0) is 68.6 Å². The average molecular weight is 451 g/mol. The van der Waals surface area contributed by atoms with Gasteiger partial charge in [0.15, 0.2) is 0 Å². The van der Waals surface area contributed by atoms with Crippen LogP contribution in [-0.2, 0) is 26.1 Å². The summed E-state index contributed by atoms with van der Waals surface area (Å²) in [5.74, 6) is 0.289. The molecule has 7 atom stereocenters. The predicted octanol–water partition coefficient (Wildman–Crippen LogP) is 3.12. The summed E-state index contributed by atoms with van der Waals surface area (Å²) in [7, 11) is 0.0948. The quantitative estimate of drug-likeness (QED) is 0.541. The van der Waals surface area contributed by atoms with Crippen molar-refractivity contribution in [2.24, 2.45) is 11.8 Å². The highest BCUT2D eigenvalue weighted by Crippen LogP contribution is 2.38. The van der Waals surface area contributed by atoms with Crippen molar-refractivity contribution in [3.8, 4) is 5.75 Å². The number of aliphatic hydroxyl groups is 2. The van der Waals surface area contributed by atoms with E-state index in [9.17, 15) is 19.2 Å². The Morgan fingerprint density at radius 2 is 1.94 bits per heavy atom. The van der Waals surface area contributed by atoms with Crippen LogP contribution >= 0.6 is 0 Å². The number of carbonyl (C=O) groups excluding carboxylic acids is 1. The topological polar surface area (TPSA) is 93.1 Å². The van der Waals surface area contributed by atoms with Crippen molar-refractivity contribution in [1.82, 2.24) is 0 Å². The maximum atomic E-state index is 13.3. The largest absolute Gasteiger partial charge is 0.497 e. The van der Waals surface area contributed by atoms with Crippen LogP contribution in [0.1, 0.15) is 51.0 Å². The van der Waals surface area contributed by atoms with Crippen LogP contribution in [0.25, 0.3) is 0 Å². The summed E-state index contributed by atoms with van der Waals surface area (Å²) in [4.78, 5) is 12.6. The van der Waals surface area contributed by atoms with Crippen LogP contribution in [0, 0.1) is 11.8 Å². The molecule has 1 fully saturated rings. The molecule has 1 heterocycles. The Morgan fingerprint density at radius 3 is 2.65 bits per heavy atom. The van der Waals surface area contributed by atoms with Crippen molar-refractivity contribution >= 4 is 16.8 Å². The number of carbonyl (C=O) groups is 1. The molecule has 3 rings (SSSR count). The molecular formula is C24H34O6S. The standard InChI is InChI=1S/C24H34O6S/c1-16-6-4-3-5-7-18-12-19(25)13-21(18)24(27)22(14-23(26)30-16)31(28)15-17-8-10-20(29-2)11-9-17/h5,7-11,16,18-19,21-22,24-25,27H,3-4,6,12-15H2,1-2H3/b7-5+/t16-,18+,19-,21+,22+,24-,31-/m0/s1. The summed E-state index contributed by atoms with van der Waals surface area (Å²) >= 11 is 0. The highest BCUT2D eigenvalue weighted by atomic mass is 32.2. The molecule has 0 unspecified atom stereocenters. The van der Waals surface area contributed by atoms with Gasteiger partial charge in [0.25, 0.3) is 0 Å². The third-order valence-electron chi connectivity index (χ3n) is 6.33. The van der Waals surface area contributed by atoms with Crippen molar-refractivity contribution in [3.05, 3.63) is 42.0 Å². The van der Waals surface area contributed by atoms with Crippen LogP contribution in [0.2, 0.25) is 0 Å². The lowest BCUT2D eigenvalue weighted by Gasteiger charge is -2.29. The van der Waals surface area contributed by atoms with Crippen LogP contribution in [0.15, 0.2) is 36.4 Å². The number of cyclic esters (lactones) is 1. The van der Waals surface area contributed by atoms with Crippen LogP contribution in [0.4, 0.5) is 0 Å². The van der Waals surface area contributed by atoms with Crippen molar-refractivity contribution in [2.45, 2.75) is 74.8 Å². The summed E-state index contributed by atoms with van der Waals surface area (Å²) in [6.45, 7) is 1.87. The number of aliphatic hydroxyl groups excluding tert-OH is 2. The zero-order valence-corrected chi connectivity index (χ0v) is 19.1. The molecule has 2 aliphatic rings. The molecule has 1 aliphatic carbocycles. The molecule has 0 amide bonds. The van der Waals surface area contributed by atoms with Gasteiger partial charge in [-0.15, -0.1) is 0 Å². The zero-order chi connectivity index (χ0) is 22.4. The summed E-state index contributed by atoms with van der Waals surface area (Å²) in [5, 5.41) is 20.7. The normalized spacial score (nSPS) is 34.4. The third-order valence-corrected chi connectivity index (χ3v) is 8.07. The molecule has 1 saturated carbocycles. The van der Waals surface area contributed by atoms with E-state index in [4.69, 9.17) is 9.47 Å². The monoisotopic (exact) mass is 450 g/mol. The van der Waals surface area contributed by atoms with Gasteiger partial charge in [-0.25, -0.2) is 0 Å². The predicted molar refractivity (Wildman–Crippen MR) is 120 cm³/mol. The minimum Gasteiger partial charge on any atom is -0.497 e. The molecule has 0 spiro atoms. The Kier molecular flexibility index (Phi) is 8.69. The summed E-state index contributed by atoms with van der Waals surface area (Å²) in [6, 6.07) is 7.29. The van der Waals surface area contributed by atoms with E-state index < -0.39 is 34.2 Å². The summed E-state index contributed by atoms with van der Waals surface area (Å²) in [5.41, 5.74) is 0.846. The lowest BCUT2D eigenvalue weighted by atomic mass is 9.87. The molecule has 0 bridgehead atoms. The van der Waals surface area contributed by atoms with E-state index in [1.54, 1.807) is 19.2 Å². The minimum atomic E-state index is -1.49. The van der Waals surface area contributed by atoms with E-state index in [0.717, 1.165) is 24.8 Å². The number of methoxy groups -OCH3 is 1. The van der Waals surface area contributed by atoms with Crippen LogP contribution in [0.5, 0.6) is 5.75 Å². The second-order valence-corrected chi connectivity index (χ2v) is 10.4. The number of benzene rings is 1. The molecule has 2 N–H and O–H groups in total. The van der Waals surface area contributed by atoms with Gasteiger partial charge in [0, 0.05) is 16.6 Å². The van der Waals surface area contributed by atoms with E-state index in [2.05, 4.69) is 12.2 Å². The van der Waals surface area contributed by atoms with E-state index >= 15 is 0 Å². The number of allylic oxidation sites excluding steroid dienone is 2. The average Bonchev–Trinajstić information content (AvgIpc) is 3.11. The van der Waals surface area contributed by atoms with Gasteiger partial charge in [-0.1, -0.05) is 24.3 Å². The van der Waals surface area contributed by atoms with E-state index in [1.165, 1.54) is 0 Å². The number of hydrogen-bond donors (Lipinski definition) is 2. The molecule has 1 aromatic rings. The molecular weight excluding hydrogens is 416 g/mol. The smallest absolute Gasteiger partial charge is 0.307 e. The first kappa shape index (κ1) is 24.0. The Labute approximate surface area is 187 Å². The van der Waals surface area contributed by atoms with Crippen LogP contribution in [0.3, 0.4) is 0 Å². The van der Waals surface area contributed by atoms with Crippen molar-refractivity contribution in [3.63, 3.8) is 0 Å². The first-order valence-electron chi connectivity index (χ1n) is 11.1. The second kappa shape index (κ2) is 11.2. The van der Waals surface area contributed by atoms with Crippen molar-refractivity contribution < 1.29 is 28.7 Å². The van der Waals surface area contributed by atoms with Gasteiger partial charge in [-0.2, -0.15) is 0 Å². The summed E-state index contributed by atoms with van der Waals surface area (Å²) < 4.78 is 24.0. The molecule has 31 heavy (non-hydrogen) atoms. The number of rotatable bonds is 4. The molecule has 0 saturated heterocycles. The Balaban J connectivity index is 1.83. The Hall–Kier alpha value is -1.70. The van der Waals surface area contributed by atoms with E-state index in [1.807, 2.05) is 19.1 Å². The van der Waals surface area contributed by atoms with Crippen molar-refractivity contribution in [1.29, 1.82) is 0 Å². The molecule has 6 nitrogen and oxygen atoms in total. The highest BCUT2D eigenvalue weighted by Gasteiger charge is 2.42. The molecule has 1 aliphatic heterocycles. The van der Waals surface area contributed by atoms with E-state index in [0.29, 0.717) is 18.6 Å². The maximum absolute atomic E-state index is 13.3. The van der Waals surface area contributed by atoms with Gasteiger partial charge in [0.05, 0.1) is 37.1 Å². The Bertz CT molecular complexity index is 777. The number of esters is 1. The highest BCUT2D eigenvalue weighted by molar-refractivity contribution is 7.84. The van der Waals surface area contributed by atoms with Gasteiger partial charge >= 0.3 is 5.97 Å². The lowest BCUT2D eigenvalue weighted by Crippen LogP contribution is -2.40. The van der Waals surface area contributed by atoms with Gasteiger partial charge in [-0.3, -0.25) is 9.00 Å². The van der Waals surface area contributed by atoms with Crippen molar-refractivity contribution in [2.75, 3.05) is 7.11 Å². The second-order valence-electron chi connectivity index (χ2n) is 8.72. The third kappa shape index (κ3) is 6.64. The molecule has 172 valence electrons. The van der Waals surface area contributed by atoms with Gasteiger partial charge in [0.1, 0.15) is 5.75 Å². The summed E-state index contributed by atoms with van der Waals surface area (Å²) in [6.07, 6.45) is 5.96.